The van der Waals surface area contributed by atoms with Gasteiger partial charge in [-0.3, -0.25) is 0 Å². The Morgan fingerprint density at radius 1 is 0.519 bits per heavy atom. The van der Waals surface area contributed by atoms with Crippen LogP contribution in [0.5, 0.6) is 0 Å². The fraction of sp³-hybridized carbons (Fsp3) is 0.0213. The number of aromatic nitrogens is 2. The molecule has 0 aliphatic carbocycles. The van der Waals surface area contributed by atoms with E-state index in [0.717, 1.165) is 61.1 Å². The van der Waals surface area contributed by atoms with Crippen LogP contribution in [-0.2, 0) is 0 Å². The summed E-state index contributed by atoms with van der Waals surface area (Å²) in [6.07, 6.45) is 0. The van der Waals surface area contributed by atoms with Crippen molar-refractivity contribution >= 4 is 55.1 Å². The first-order valence-electron chi connectivity index (χ1n) is 17.5. The van der Waals surface area contributed by atoms with Crippen LogP contribution < -0.4 is 15.8 Å². The van der Waals surface area contributed by atoms with Gasteiger partial charge in [-0.25, -0.2) is 9.97 Å². The van der Waals surface area contributed by atoms with Gasteiger partial charge in [0.2, 0.25) is 0 Å². The lowest BCUT2D eigenvalue weighted by atomic mass is 9.92. The molecule has 0 spiro atoms. The smallest absolute Gasteiger partial charge is 0.160 e. The van der Waals surface area contributed by atoms with Crippen molar-refractivity contribution in [3.05, 3.63) is 185 Å². The van der Waals surface area contributed by atoms with Crippen LogP contribution in [0.4, 0.5) is 0 Å². The Morgan fingerprint density at radius 2 is 1.17 bits per heavy atom. The topological polar surface area (TPSA) is 51.0 Å². The first-order valence-corrected chi connectivity index (χ1v) is 18.3. The molecular formula is C47H29N3OS. The molecule has 5 heteroatoms. The first kappa shape index (κ1) is 29.3. The van der Waals surface area contributed by atoms with Crippen molar-refractivity contribution in [3.63, 3.8) is 0 Å². The molecule has 0 saturated carbocycles. The zero-order chi connectivity index (χ0) is 34.2. The molecule has 244 valence electrons. The number of thioether (sulfide) groups is 1. The Hall–Kier alpha value is -6.43. The molecule has 1 unspecified atom stereocenters. The van der Waals surface area contributed by atoms with Gasteiger partial charge in [0.1, 0.15) is 11.2 Å². The SMILES string of the molecule is c1ccc(-c2nc(-c3ccc(C4=c5ccccc5=C5Sc6ccccc6C5N4)c4ccccc34)cc(-c3cccc4oc5ccccc5c34)n2)cc1. The number of fused-ring (bicyclic) bond motifs is 8. The summed E-state index contributed by atoms with van der Waals surface area (Å²) in [4.78, 5) is 13.2. The number of benzene rings is 7. The van der Waals surface area contributed by atoms with Crippen LogP contribution in [0.3, 0.4) is 0 Å². The number of nitrogens with one attached hydrogen (secondary N) is 1. The second-order valence-corrected chi connectivity index (χ2v) is 14.4. The number of hydrogen-bond donors (Lipinski definition) is 1. The third-order valence-corrected chi connectivity index (χ3v) is 11.6. The predicted octanol–water partition coefficient (Wildman–Crippen LogP) is 10.2. The van der Waals surface area contributed by atoms with Gasteiger partial charge in [0.25, 0.3) is 0 Å². The summed E-state index contributed by atoms with van der Waals surface area (Å²) in [6, 6.07) is 57.7. The van der Waals surface area contributed by atoms with Gasteiger partial charge in [-0.15, -0.1) is 0 Å². The fourth-order valence-electron chi connectivity index (χ4n) is 8.01. The molecule has 2 aliphatic rings. The lowest BCUT2D eigenvalue weighted by Crippen LogP contribution is -2.40. The molecule has 0 radical (unpaired) electrons. The molecule has 0 bridgehead atoms. The first-order chi connectivity index (χ1) is 25.8. The maximum atomic E-state index is 6.29. The lowest BCUT2D eigenvalue weighted by molar-refractivity contribution is 0.669. The molecular weight excluding hydrogens is 655 g/mol. The zero-order valence-corrected chi connectivity index (χ0v) is 28.7. The van der Waals surface area contributed by atoms with Gasteiger partial charge < -0.3 is 9.73 Å². The molecule has 0 fully saturated rings. The molecule has 11 rings (SSSR count). The normalized spacial score (nSPS) is 14.7. The highest BCUT2D eigenvalue weighted by molar-refractivity contribution is 8.08. The molecule has 9 aromatic rings. The van der Waals surface area contributed by atoms with E-state index >= 15 is 0 Å². The predicted molar refractivity (Wildman–Crippen MR) is 213 cm³/mol. The Labute approximate surface area is 303 Å². The molecule has 1 atom stereocenters. The van der Waals surface area contributed by atoms with Gasteiger partial charge >= 0.3 is 0 Å². The van der Waals surface area contributed by atoms with Gasteiger partial charge in [-0.1, -0.05) is 151 Å². The van der Waals surface area contributed by atoms with Gasteiger partial charge in [0.05, 0.1) is 23.1 Å². The molecule has 52 heavy (non-hydrogen) atoms. The van der Waals surface area contributed by atoms with Crippen LogP contribution in [0.25, 0.3) is 77.2 Å². The number of furan rings is 1. The van der Waals surface area contributed by atoms with Crippen LogP contribution in [0.1, 0.15) is 17.2 Å². The van der Waals surface area contributed by atoms with Crippen molar-refractivity contribution in [2.45, 2.75) is 10.9 Å². The van der Waals surface area contributed by atoms with E-state index in [2.05, 4.69) is 127 Å². The Kier molecular flexibility index (Phi) is 6.51. The van der Waals surface area contributed by atoms with Gasteiger partial charge in [-0.05, 0) is 45.8 Å². The molecule has 0 saturated heterocycles. The largest absolute Gasteiger partial charge is 0.456 e. The van der Waals surface area contributed by atoms with Gasteiger partial charge in [0, 0.05) is 48.0 Å². The quantitative estimate of drug-likeness (QED) is 0.200. The van der Waals surface area contributed by atoms with Crippen LogP contribution >= 0.6 is 11.8 Å². The van der Waals surface area contributed by atoms with E-state index in [0.29, 0.717) is 5.82 Å². The monoisotopic (exact) mass is 683 g/mol. The molecule has 4 nitrogen and oxygen atoms in total. The van der Waals surface area contributed by atoms with Crippen molar-refractivity contribution in [3.8, 4) is 33.9 Å². The van der Waals surface area contributed by atoms with Crippen molar-refractivity contribution in [2.75, 3.05) is 0 Å². The fourth-order valence-corrected chi connectivity index (χ4v) is 9.29. The summed E-state index contributed by atoms with van der Waals surface area (Å²) < 4.78 is 6.29. The van der Waals surface area contributed by atoms with E-state index in [4.69, 9.17) is 14.4 Å². The summed E-state index contributed by atoms with van der Waals surface area (Å²) >= 11 is 1.88. The average Bonchev–Trinajstić information content (AvgIpc) is 3.79. The Balaban J connectivity index is 1.14. The number of hydrogen-bond acceptors (Lipinski definition) is 5. The van der Waals surface area contributed by atoms with Crippen LogP contribution in [-0.4, -0.2) is 9.97 Å². The summed E-state index contributed by atoms with van der Waals surface area (Å²) in [5, 5.41) is 11.0. The average molecular weight is 684 g/mol. The van der Waals surface area contributed by atoms with E-state index in [1.807, 2.05) is 54.2 Å². The molecule has 2 aliphatic heterocycles. The van der Waals surface area contributed by atoms with Crippen molar-refractivity contribution in [1.29, 1.82) is 0 Å². The number of para-hydroxylation sites is 1. The maximum absolute atomic E-state index is 6.29. The van der Waals surface area contributed by atoms with Crippen LogP contribution in [0.2, 0.25) is 0 Å². The van der Waals surface area contributed by atoms with Crippen molar-refractivity contribution in [2.24, 2.45) is 0 Å². The number of rotatable bonds is 4. The number of nitrogens with zero attached hydrogens (tertiary/aromatic N) is 2. The third kappa shape index (κ3) is 4.49. The third-order valence-electron chi connectivity index (χ3n) is 10.4. The highest BCUT2D eigenvalue weighted by atomic mass is 32.2. The van der Waals surface area contributed by atoms with Gasteiger partial charge in [0.15, 0.2) is 5.82 Å². The van der Waals surface area contributed by atoms with Crippen LogP contribution in [0.15, 0.2) is 173 Å². The summed E-state index contributed by atoms with van der Waals surface area (Å²) in [5.74, 6) is 0.684. The molecule has 0 amide bonds. The van der Waals surface area contributed by atoms with E-state index in [-0.39, 0.29) is 6.04 Å². The summed E-state index contributed by atoms with van der Waals surface area (Å²) in [6.45, 7) is 0. The minimum atomic E-state index is 0.115. The van der Waals surface area contributed by atoms with Crippen molar-refractivity contribution in [1.82, 2.24) is 15.3 Å². The molecule has 2 aromatic heterocycles. The van der Waals surface area contributed by atoms with Crippen LogP contribution in [0, 0.1) is 0 Å². The van der Waals surface area contributed by atoms with Gasteiger partial charge in [-0.2, -0.15) is 0 Å². The lowest BCUT2D eigenvalue weighted by Gasteiger charge is -2.25. The second-order valence-electron chi connectivity index (χ2n) is 13.3. The van der Waals surface area contributed by atoms with E-state index < -0.39 is 0 Å². The molecule has 4 heterocycles. The Bertz CT molecular complexity index is 3040. The van der Waals surface area contributed by atoms with Crippen molar-refractivity contribution < 1.29 is 4.42 Å². The highest BCUT2D eigenvalue weighted by Crippen LogP contribution is 2.49. The molecule has 7 aromatic carbocycles. The maximum Gasteiger partial charge on any atom is 0.160 e. The van der Waals surface area contributed by atoms with E-state index in [1.54, 1.807) is 0 Å². The second kappa shape index (κ2) is 11.6. The minimum Gasteiger partial charge on any atom is -0.456 e. The highest BCUT2D eigenvalue weighted by Gasteiger charge is 2.32. The summed E-state index contributed by atoms with van der Waals surface area (Å²) in [7, 11) is 0. The van der Waals surface area contributed by atoms with E-state index in [1.165, 1.54) is 36.8 Å². The van der Waals surface area contributed by atoms with E-state index in [9.17, 15) is 0 Å². The molecule has 1 N–H and O–H groups in total. The zero-order valence-electron chi connectivity index (χ0n) is 27.9. The minimum absolute atomic E-state index is 0.115. The summed E-state index contributed by atoms with van der Waals surface area (Å²) in [5.41, 5.74) is 10.1. The Morgan fingerprint density at radius 3 is 2.04 bits per heavy atom. The standard InChI is InChI=1S/C47H29N3OS/c1-2-13-28(14-3-1)47-48-38(27-39(49-47)35-21-12-23-41-43(35)36-19-8-10-22-40(36)51-41)31-25-26-33(30-16-5-4-15-29(30)31)44-32-17-6-7-18-34(32)46-45(50-44)37-20-9-11-24-42(37)52-46/h1-27,45,50H.